The van der Waals surface area contributed by atoms with Crippen molar-refractivity contribution >= 4 is 31.5 Å². The molecule has 1 amide bonds. The van der Waals surface area contributed by atoms with Crippen molar-refractivity contribution in [2.45, 2.75) is 35.7 Å². The average molecular weight is 469 g/mol. The normalized spacial score (nSPS) is 16.9. The number of hydrogen-bond acceptors (Lipinski definition) is 7. The van der Waals surface area contributed by atoms with E-state index in [9.17, 15) is 26.7 Å². The number of sulfone groups is 1. The molecule has 3 N–H and O–H groups in total. The molecule has 0 aliphatic carbocycles. The van der Waals surface area contributed by atoms with E-state index in [1.54, 1.807) is 0 Å². The van der Waals surface area contributed by atoms with Crippen LogP contribution in [0.4, 0.5) is 5.69 Å². The summed E-state index contributed by atoms with van der Waals surface area (Å²) in [6, 6.07) is 8.99. The van der Waals surface area contributed by atoms with Crippen LogP contribution < -0.4 is 10.0 Å². The molecule has 2 aromatic rings. The summed E-state index contributed by atoms with van der Waals surface area (Å²) in [5, 5.41) is 12.4. The number of nitrogens with one attached hydrogen (secondary N) is 2. The fourth-order valence-electron chi connectivity index (χ4n) is 3.07. The van der Waals surface area contributed by atoms with Crippen molar-refractivity contribution in [2.24, 2.45) is 0 Å². The SMILES string of the molecule is CCS(=O)(=O)c1ccc(O)c(NC(=O)c2cccc(S(=O)(=O)NCC3CCCO3)c2)c1. The summed E-state index contributed by atoms with van der Waals surface area (Å²) in [6.07, 6.45) is 1.49. The van der Waals surface area contributed by atoms with Gasteiger partial charge in [-0.3, -0.25) is 4.79 Å². The lowest BCUT2D eigenvalue weighted by Gasteiger charge is -2.13. The van der Waals surface area contributed by atoms with Gasteiger partial charge in [0.2, 0.25) is 10.0 Å². The van der Waals surface area contributed by atoms with Crippen LogP contribution in [0.3, 0.4) is 0 Å². The Morgan fingerprint density at radius 2 is 1.90 bits per heavy atom. The van der Waals surface area contributed by atoms with Crippen LogP contribution in [0.15, 0.2) is 52.3 Å². The smallest absolute Gasteiger partial charge is 0.255 e. The van der Waals surface area contributed by atoms with E-state index in [-0.39, 0.29) is 45.2 Å². The van der Waals surface area contributed by atoms with Crippen LogP contribution in [0.2, 0.25) is 0 Å². The monoisotopic (exact) mass is 468 g/mol. The van der Waals surface area contributed by atoms with E-state index in [1.807, 2.05) is 0 Å². The number of phenols is 1. The Balaban J connectivity index is 1.78. The van der Waals surface area contributed by atoms with Gasteiger partial charge in [0, 0.05) is 18.7 Å². The van der Waals surface area contributed by atoms with Crippen LogP contribution in [0, 0.1) is 0 Å². The molecule has 1 aliphatic heterocycles. The highest BCUT2D eigenvalue weighted by Crippen LogP contribution is 2.27. The van der Waals surface area contributed by atoms with E-state index in [2.05, 4.69) is 10.0 Å². The van der Waals surface area contributed by atoms with Gasteiger partial charge in [0.05, 0.1) is 27.3 Å². The zero-order valence-corrected chi connectivity index (χ0v) is 18.5. The Kier molecular flexibility index (Phi) is 6.99. The van der Waals surface area contributed by atoms with Gasteiger partial charge in [-0.2, -0.15) is 0 Å². The molecule has 2 aromatic carbocycles. The second-order valence-electron chi connectivity index (χ2n) is 7.05. The van der Waals surface area contributed by atoms with Crippen molar-refractivity contribution in [2.75, 3.05) is 24.2 Å². The highest BCUT2D eigenvalue weighted by Gasteiger charge is 2.22. The summed E-state index contributed by atoms with van der Waals surface area (Å²) in [5.41, 5.74) is -0.0626. The van der Waals surface area contributed by atoms with Crippen molar-refractivity contribution in [1.29, 1.82) is 0 Å². The minimum atomic E-state index is -3.85. The Morgan fingerprint density at radius 3 is 2.58 bits per heavy atom. The summed E-state index contributed by atoms with van der Waals surface area (Å²) < 4.78 is 57.1. The molecule has 0 saturated carbocycles. The lowest BCUT2D eigenvalue weighted by atomic mass is 10.2. The third kappa shape index (κ3) is 5.62. The number of anilines is 1. The van der Waals surface area contributed by atoms with Crippen LogP contribution in [0.1, 0.15) is 30.1 Å². The molecule has 0 aromatic heterocycles. The highest BCUT2D eigenvalue weighted by molar-refractivity contribution is 7.91. The molecule has 0 bridgehead atoms. The van der Waals surface area contributed by atoms with E-state index in [0.29, 0.717) is 6.61 Å². The number of hydrogen-bond donors (Lipinski definition) is 3. The molecule has 31 heavy (non-hydrogen) atoms. The summed E-state index contributed by atoms with van der Waals surface area (Å²) in [6.45, 7) is 2.24. The molecule has 0 spiro atoms. The fraction of sp³-hybridized carbons (Fsp3) is 0.350. The van der Waals surface area contributed by atoms with Crippen LogP contribution >= 0.6 is 0 Å². The number of ether oxygens (including phenoxy) is 1. The molecule has 168 valence electrons. The van der Waals surface area contributed by atoms with Gasteiger partial charge >= 0.3 is 0 Å². The Bertz CT molecular complexity index is 1170. The number of sulfonamides is 1. The molecular weight excluding hydrogens is 444 g/mol. The van der Waals surface area contributed by atoms with E-state index in [1.165, 1.54) is 43.3 Å². The van der Waals surface area contributed by atoms with Crippen LogP contribution in [0.25, 0.3) is 0 Å². The first-order valence-corrected chi connectivity index (χ1v) is 12.8. The molecule has 1 saturated heterocycles. The molecule has 11 heteroatoms. The molecule has 1 heterocycles. The summed E-state index contributed by atoms with van der Waals surface area (Å²) in [5.74, 6) is -1.15. The zero-order valence-electron chi connectivity index (χ0n) is 16.9. The maximum absolute atomic E-state index is 12.6. The maximum Gasteiger partial charge on any atom is 0.255 e. The van der Waals surface area contributed by atoms with Gasteiger partial charge < -0.3 is 15.2 Å². The standard InChI is InChI=1S/C20H24N2O7S2/c1-2-30(25,26)16-8-9-19(23)18(12-16)22-20(24)14-5-3-7-17(11-14)31(27,28)21-13-15-6-4-10-29-15/h3,5,7-9,11-12,15,21,23H,2,4,6,10,13H2,1H3,(H,22,24). The minimum Gasteiger partial charge on any atom is -0.506 e. The van der Waals surface area contributed by atoms with Crippen molar-refractivity contribution < 1.29 is 31.5 Å². The van der Waals surface area contributed by atoms with Crippen molar-refractivity contribution in [3.63, 3.8) is 0 Å². The minimum absolute atomic E-state index is 0.0307. The second-order valence-corrected chi connectivity index (χ2v) is 11.1. The predicted octanol–water partition coefficient (Wildman–Crippen LogP) is 1.90. The quantitative estimate of drug-likeness (QED) is 0.503. The molecule has 3 rings (SSSR count). The van der Waals surface area contributed by atoms with Crippen LogP contribution in [-0.4, -0.2) is 52.9 Å². The van der Waals surface area contributed by atoms with E-state index in [0.717, 1.165) is 18.9 Å². The first-order chi connectivity index (χ1) is 14.6. The predicted molar refractivity (Wildman–Crippen MR) is 114 cm³/mol. The van der Waals surface area contributed by atoms with Gasteiger partial charge in [0.15, 0.2) is 9.84 Å². The van der Waals surface area contributed by atoms with Gasteiger partial charge in [0.1, 0.15) is 5.75 Å². The third-order valence-corrected chi connectivity index (χ3v) is 8.04. The molecule has 1 fully saturated rings. The van der Waals surface area contributed by atoms with Gasteiger partial charge in [0.25, 0.3) is 5.91 Å². The van der Waals surface area contributed by atoms with Gasteiger partial charge in [-0.15, -0.1) is 0 Å². The van der Waals surface area contributed by atoms with Crippen LogP contribution in [-0.2, 0) is 24.6 Å². The van der Waals surface area contributed by atoms with E-state index in [4.69, 9.17) is 4.74 Å². The molecule has 9 nitrogen and oxygen atoms in total. The lowest BCUT2D eigenvalue weighted by Crippen LogP contribution is -2.32. The Morgan fingerprint density at radius 1 is 1.13 bits per heavy atom. The number of phenolic OH excluding ortho intramolecular Hbond substituents is 1. The second kappa shape index (κ2) is 9.35. The Labute approximate surface area is 181 Å². The number of rotatable bonds is 8. The van der Waals surface area contributed by atoms with E-state index >= 15 is 0 Å². The molecule has 0 radical (unpaired) electrons. The van der Waals surface area contributed by atoms with Crippen molar-refractivity contribution in [3.05, 3.63) is 48.0 Å². The van der Waals surface area contributed by atoms with Crippen molar-refractivity contribution in [3.8, 4) is 5.75 Å². The lowest BCUT2D eigenvalue weighted by molar-refractivity contribution is 0.102. The summed E-state index contributed by atoms with van der Waals surface area (Å²) >= 11 is 0. The summed E-state index contributed by atoms with van der Waals surface area (Å²) in [7, 11) is -7.39. The van der Waals surface area contributed by atoms with Gasteiger partial charge in [-0.1, -0.05) is 13.0 Å². The summed E-state index contributed by atoms with van der Waals surface area (Å²) in [4.78, 5) is 12.5. The van der Waals surface area contributed by atoms with Gasteiger partial charge in [-0.25, -0.2) is 21.6 Å². The van der Waals surface area contributed by atoms with Gasteiger partial charge in [-0.05, 0) is 49.2 Å². The largest absolute Gasteiger partial charge is 0.506 e. The molecule has 1 unspecified atom stereocenters. The van der Waals surface area contributed by atoms with Crippen molar-refractivity contribution in [1.82, 2.24) is 4.72 Å². The topological polar surface area (TPSA) is 139 Å². The number of amides is 1. The molecular formula is C20H24N2O7S2. The van der Waals surface area contributed by atoms with E-state index < -0.39 is 25.8 Å². The number of carbonyl (C=O) groups excluding carboxylic acids is 1. The third-order valence-electron chi connectivity index (χ3n) is 4.89. The molecule has 1 aliphatic rings. The average Bonchev–Trinajstić information content (AvgIpc) is 3.27. The molecule has 1 atom stereocenters. The maximum atomic E-state index is 12.6. The number of benzene rings is 2. The van der Waals surface area contributed by atoms with Crippen LogP contribution in [0.5, 0.6) is 5.75 Å². The fourth-order valence-corrected chi connectivity index (χ4v) is 5.08. The Hall–Kier alpha value is -2.47. The zero-order chi connectivity index (χ0) is 22.6. The first-order valence-electron chi connectivity index (χ1n) is 9.71. The number of carbonyl (C=O) groups is 1. The first kappa shape index (κ1) is 23.2. The number of aromatic hydroxyl groups is 1. The highest BCUT2D eigenvalue weighted by atomic mass is 32.2.